The Morgan fingerprint density at radius 1 is 1.24 bits per heavy atom. The Hall–Kier alpha value is -1.88. The van der Waals surface area contributed by atoms with Gasteiger partial charge in [-0.2, -0.15) is 0 Å². The van der Waals surface area contributed by atoms with Gasteiger partial charge in [-0.15, -0.1) is 0 Å². The molecule has 114 valence electrons. The lowest BCUT2D eigenvalue weighted by molar-refractivity contribution is -0.160. The molecule has 1 aliphatic rings. The number of hydrogen-bond donors (Lipinski definition) is 0. The maximum absolute atomic E-state index is 12.3. The molecule has 0 saturated carbocycles. The molecule has 2 rings (SSSR count). The van der Waals surface area contributed by atoms with E-state index < -0.39 is 5.54 Å². The number of hydrogen-bond acceptors (Lipinski definition) is 4. The van der Waals surface area contributed by atoms with Crippen molar-refractivity contribution in [2.75, 3.05) is 26.7 Å². The Morgan fingerprint density at radius 3 is 2.52 bits per heavy atom. The van der Waals surface area contributed by atoms with Crippen LogP contribution < -0.4 is 0 Å². The Bertz CT molecular complexity index is 514. The molecule has 1 aromatic rings. The van der Waals surface area contributed by atoms with E-state index in [-0.39, 0.29) is 25.0 Å². The summed E-state index contributed by atoms with van der Waals surface area (Å²) in [5.74, 6) is -0.270. The van der Waals surface area contributed by atoms with Crippen LogP contribution in [-0.2, 0) is 20.9 Å². The molecule has 1 aromatic carbocycles. The first-order chi connectivity index (χ1) is 9.91. The van der Waals surface area contributed by atoms with Crippen LogP contribution >= 0.6 is 0 Å². The van der Waals surface area contributed by atoms with Gasteiger partial charge in [0.05, 0.1) is 6.54 Å². The van der Waals surface area contributed by atoms with E-state index in [9.17, 15) is 9.59 Å². The molecule has 0 unspecified atom stereocenters. The van der Waals surface area contributed by atoms with Crippen LogP contribution in [0, 0.1) is 0 Å². The molecule has 0 bridgehead atoms. The standard InChI is InChI=1S/C16H22N2O3/c1-16(2,18-10-9-17(3)14(19)11-18)15(20)21-12-13-7-5-4-6-8-13/h4-8H,9-12H2,1-3H3. The van der Waals surface area contributed by atoms with Crippen molar-refractivity contribution in [3.05, 3.63) is 35.9 Å². The zero-order valence-electron chi connectivity index (χ0n) is 12.8. The van der Waals surface area contributed by atoms with Gasteiger partial charge in [-0.3, -0.25) is 14.5 Å². The predicted molar refractivity (Wildman–Crippen MR) is 79.5 cm³/mol. The summed E-state index contributed by atoms with van der Waals surface area (Å²) < 4.78 is 5.40. The third kappa shape index (κ3) is 3.61. The average molecular weight is 290 g/mol. The molecule has 0 spiro atoms. The van der Waals surface area contributed by atoms with Crippen LogP contribution in [0.1, 0.15) is 19.4 Å². The Labute approximate surface area is 125 Å². The lowest BCUT2D eigenvalue weighted by Crippen LogP contribution is -2.59. The highest BCUT2D eigenvalue weighted by atomic mass is 16.5. The van der Waals surface area contributed by atoms with Crippen LogP contribution in [0.4, 0.5) is 0 Å². The van der Waals surface area contributed by atoms with E-state index in [2.05, 4.69) is 0 Å². The molecular weight excluding hydrogens is 268 g/mol. The molecule has 1 aliphatic heterocycles. The second-order valence-electron chi connectivity index (χ2n) is 5.86. The van der Waals surface area contributed by atoms with Gasteiger partial charge in [0.1, 0.15) is 12.1 Å². The minimum Gasteiger partial charge on any atom is -0.459 e. The number of benzene rings is 1. The number of ether oxygens (including phenoxy) is 1. The van der Waals surface area contributed by atoms with Crippen molar-refractivity contribution in [2.24, 2.45) is 0 Å². The second kappa shape index (κ2) is 6.26. The van der Waals surface area contributed by atoms with Gasteiger partial charge in [-0.05, 0) is 19.4 Å². The van der Waals surface area contributed by atoms with Crippen molar-refractivity contribution in [3.8, 4) is 0 Å². The lowest BCUT2D eigenvalue weighted by atomic mass is 10.0. The quantitative estimate of drug-likeness (QED) is 0.784. The highest BCUT2D eigenvalue weighted by Gasteiger charge is 2.39. The summed E-state index contributed by atoms with van der Waals surface area (Å²) in [5.41, 5.74) is 0.155. The molecule has 1 heterocycles. The maximum atomic E-state index is 12.3. The fourth-order valence-electron chi connectivity index (χ4n) is 2.26. The van der Waals surface area contributed by atoms with Gasteiger partial charge in [-0.25, -0.2) is 0 Å². The first-order valence-corrected chi connectivity index (χ1v) is 7.11. The number of likely N-dealkylation sites (N-methyl/N-ethyl adjacent to an activating group) is 1. The van der Waals surface area contributed by atoms with Crippen LogP contribution in [0.5, 0.6) is 0 Å². The fraction of sp³-hybridized carbons (Fsp3) is 0.500. The number of piperazine rings is 1. The van der Waals surface area contributed by atoms with Gasteiger partial charge in [0.2, 0.25) is 5.91 Å². The number of amides is 1. The van der Waals surface area contributed by atoms with Gasteiger partial charge in [0, 0.05) is 20.1 Å². The van der Waals surface area contributed by atoms with Crippen molar-refractivity contribution in [2.45, 2.75) is 26.0 Å². The minimum atomic E-state index is -0.800. The Balaban J connectivity index is 1.95. The van der Waals surface area contributed by atoms with Gasteiger partial charge in [0.25, 0.3) is 0 Å². The molecule has 5 heteroatoms. The van der Waals surface area contributed by atoms with Crippen LogP contribution in [-0.4, -0.2) is 53.9 Å². The summed E-state index contributed by atoms with van der Waals surface area (Å²) in [4.78, 5) is 27.7. The molecule has 0 radical (unpaired) electrons. The molecule has 21 heavy (non-hydrogen) atoms. The molecule has 0 aromatic heterocycles. The number of rotatable bonds is 4. The molecule has 0 atom stereocenters. The predicted octanol–water partition coefficient (Wildman–Crippen LogP) is 1.28. The number of carbonyl (C=O) groups is 2. The summed E-state index contributed by atoms with van der Waals surface area (Å²) in [5, 5.41) is 0. The molecule has 5 nitrogen and oxygen atoms in total. The van der Waals surface area contributed by atoms with Gasteiger partial charge in [0.15, 0.2) is 0 Å². The van der Waals surface area contributed by atoms with E-state index in [0.29, 0.717) is 13.1 Å². The second-order valence-corrected chi connectivity index (χ2v) is 5.86. The summed E-state index contributed by atoms with van der Waals surface area (Å²) in [6.45, 7) is 5.43. The SMILES string of the molecule is CN1CCN(C(C)(C)C(=O)OCc2ccccc2)CC1=O. The van der Waals surface area contributed by atoms with Gasteiger partial charge in [-0.1, -0.05) is 30.3 Å². The van der Waals surface area contributed by atoms with Crippen molar-refractivity contribution in [3.63, 3.8) is 0 Å². The largest absolute Gasteiger partial charge is 0.459 e. The highest BCUT2D eigenvalue weighted by Crippen LogP contribution is 2.19. The summed E-state index contributed by atoms with van der Waals surface area (Å²) in [7, 11) is 1.78. The van der Waals surface area contributed by atoms with Crippen LogP contribution in [0.15, 0.2) is 30.3 Å². The number of carbonyl (C=O) groups excluding carboxylic acids is 2. The van der Waals surface area contributed by atoms with E-state index in [4.69, 9.17) is 4.74 Å². The van der Waals surface area contributed by atoms with Crippen molar-refractivity contribution in [1.82, 2.24) is 9.80 Å². The maximum Gasteiger partial charge on any atom is 0.326 e. The molecule has 0 aliphatic carbocycles. The van der Waals surface area contributed by atoms with Crippen molar-refractivity contribution >= 4 is 11.9 Å². The third-order valence-electron chi connectivity index (χ3n) is 3.96. The van der Waals surface area contributed by atoms with E-state index >= 15 is 0 Å². The van der Waals surface area contributed by atoms with Crippen LogP contribution in [0.25, 0.3) is 0 Å². The van der Waals surface area contributed by atoms with Crippen molar-refractivity contribution < 1.29 is 14.3 Å². The van der Waals surface area contributed by atoms with Crippen LogP contribution in [0.3, 0.4) is 0 Å². The van der Waals surface area contributed by atoms with E-state index in [1.807, 2.05) is 35.2 Å². The summed E-state index contributed by atoms with van der Waals surface area (Å²) >= 11 is 0. The topological polar surface area (TPSA) is 49.9 Å². The zero-order valence-corrected chi connectivity index (χ0v) is 12.8. The average Bonchev–Trinajstić information content (AvgIpc) is 2.48. The van der Waals surface area contributed by atoms with Crippen molar-refractivity contribution in [1.29, 1.82) is 0 Å². The zero-order chi connectivity index (χ0) is 15.5. The first kappa shape index (κ1) is 15.5. The number of nitrogens with zero attached hydrogens (tertiary/aromatic N) is 2. The van der Waals surface area contributed by atoms with E-state index in [1.54, 1.807) is 25.8 Å². The lowest BCUT2D eigenvalue weighted by Gasteiger charge is -2.40. The van der Waals surface area contributed by atoms with Crippen LogP contribution in [0.2, 0.25) is 0 Å². The Kier molecular flexibility index (Phi) is 4.63. The molecule has 1 amide bonds. The number of esters is 1. The summed E-state index contributed by atoms with van der Waals surface area (Å²) in [6, 6.07) is 9.57. The first-order valence-electron chi connectivity index (χ1n) is 7.11. The van der Waals surface area contributed by atoms with Gasteiger partial charge < -0.3 is 9.64 Å². The molecular formula is C16H22N2O3. The summed E-state index contributed by atoms with van der Waals surface area (Å²) in [6.07, 6.45) is 0. The third-order valence-corrected chi connectivity index (χ3v) is 3.96. The minimum absolute atomic E-state index is 0.0326. The smallest absolute Gasteiger partial charge is 0.326 e. The molecule has 0 N–H and O–H groups in total. The Morgan fingerprint density at radius 2 is 1.90 bits per heavy atom. The van der Waals surface area contributed by atoms with E-state index in [0.717, 1.165) is 5.56 Å². The normalized spacial score (nSPS) is 16.9. The molecule has 1 saturated heterocycles. The van der Waals surface area contributed by atoms with E-state index in [1.165, 1.54) is 0 Å². The monoisotopic (exact) mass is 290 g/mol. The molecule has 1 fully saturated rings. The fourth-order valence-corrected chi connectivity index (χ4v) is 2.26. The van der Waals surface area contributed by atoms with Gasteiger partial charge >= 0.3 is 5.97 Å². The highest BCUT2D eigenvalue weighted by molar-refractivity contribution is 5.83.